The van der Waals surface area contributed by atoms with E-state index in [1.54, 1.807) is 0 Å². The predicted octanol–water partition coefficient (Wildman–Crippen LogP) is 4.72. The molecule has 0 amide bonds. The topological polar surface area (TPSA) is 12.0 Å². The zero-order valence-corrected chi connectivity index (χ0v) is 12.7. The van der Waals surface area contributed by atoms with Crippen LogP contribution in [-0.2, 0) is 0 Å². The summed E-state index contributed by atoms with van der Waals surface area (Å²) in [6.45, 7) is 12.7. The largest absolute Gasteiger partial charge is 0.309 e. The maximum absolute atomic E-state index is 3.74. The van der Waals surface area contributed by atoms with Crippen molar-refractivity contribution in [1.29, 1.82) is 0 Å². The van der Waals surface area contributed by atoms with Crippen LogP contribution in [-0.4, -0.2) is 6.54 Å². The maximum Gasteiger partial charge on any atom is 0.0412 e. The van der Waals surface area contributed by atoms with Crippen LogP contribution in [0.4, 0.5) is 0 Å². The third kappa shape index (κ3) is 4.44. The first kappa shape index (κ1) is 14.7. The van der Waals surface area contributed by atoms with Gasteiger partial charge in [0.1, 0.15) is 0 Å². The molecule has 0 aliphatic heterocycles. The smallest absolute Gasteiger partial charge is 0.0412 e. The van der Waals surface area contributed by atoms with Gasteiger partial charge < -0.3 is 5.32 Å². The first-order valence-corrected chi connectivity index (χ1v) is 7.71. The van der Waals surface area contributed by atoms with Gasteiger partial charge in [-0.3, -0.25) is 0 Å². The SMILES string of the molecule is CCC(NCC(C(C)C)C(C)C)c1cccs1. The van der Waals surface area contributed by atoms with Crippen LogP contribution in [0.25, 0.3) is 0 Å². The van der Waals surface area contributed by atoms with Gasteiger partial charge in [0.25, 0.3) is 0 Å². The van der Waals surface area contributed by atoms with Crippen LogP contribution >= 0.6 is 11.3 Å². The van der Waals surface area contributed by atoms with Crippen molar-refractivity contribution in [3.8, 4) is 0 Å². The molecule has 1 aromatic heterocycles. The van der Waals surface area contributed by atoms with Crippen molar-refractivity contribution in [3.63, 3.8) is 0 Å². The van der Waals surface area contributed by atoms with Crippen molar-refractivity contribution < 1.29 is 0 Å². The van der Waals surface area contributed by atoms with Gasteiger partial charge in [-0.05, 0) is 42.2 Å². The molecule has 2 heteroatoms. The van der Waals surface area contributed by atoms with Gasteiger partial charge in [-0.15, -0.1) is 11.3 Å². The average Bonchev–Trinajstić information content (AvgIpc) is 2.76. The molecule has 0 radical (unpaired) electrons. The monoisotopic (exact) mass is 253 g/mol. The van der Waals surface area contributed by atoms with E-state index in [0.29, 0.717) is 6.04 Å². The zero-order chi connectivity index (χ0) is 12.8. The lowest BCUT2D eigenvalue weighted by Gasteiger charge is -2.27. The lowest BCUT2D eigenvalue weighted by Crippen LogP contribution is -2.32. The van der Waals surface area contributed by atoms with E-state index in [1.165, 1.54) is 11.3 Å². The summed E-state index contributed by atoms with van der Waals surface area (Å²) in [5.74, 6) is 2.27. The summed E-state index contributed by atoms with van der Waals surface area (Å²) >= 11 is 1.86. The van der Waals surface area contributed by atoms with Crippen LogP contribution in [0.15, 0.2) is 17.5 Å². The molecular formula is C15H27NS. The van der Waals surface area contributed by atoms with Gasteiger partial charge in [-0.25, -0.2) is 0 Å². The molecule has 0 saturated heterocycles. The highest BCUT2D eigenvalue weighted by atomic mass is 32.1. The molecule has 0 saturated carbocycles. The summed E-state index contributed by atoms with van der Waals surface area (Å²) in [7, 11) is 0. The second-order valence-electron chi connectivity index (χ2n) is 5.54. The summed E-state index contributed by atoms with van der Waals surface area (Å²) in [4.78, 5) is 1.47. The average molecular weight is 253 g/mol. The van der Waals surface area contributed by atoms with Gasteiger partial charge in [0.15, 0.2) is 0 Å². The van der Waals surface area contributed by atoms with Crippen molar-refractivity contribution in [1.82, 2.24) is 5.32 Å². The van der Waals surface area contributed by atoms with E-state index in [0.717, 1.165) is 24.3 Å². The number of nitrogens with one attached hydrogen (secondary N) is 1. The summed E-state index contributed by atoms with van der Waals surface area (Å²) in [6.07, 6.45) is 1.17. The molecule has 0 spiro atoms. The van der Waals surface area contributed by atoms with Crippen LogP contribution in [0.2, 0.25) is 0 Å². The van der Waals surface area contributed by atoms with E-state index in [1.807, 2.05) is 11.3 Å². The van der Waals surface area contributed by atoms with E-state index in [-0.39, 0.29) is 0 Å². The molecule has 0 aromatic carbocycles. The van der Waals surface area contributed by atoms with Gasteiger partial charge in [0.05, 0.1) is 0 Å². The highest BCUT2D eigenvalue weighted by Crippen LogP contribution is 2.24. The molecule has 1 nitrogen and oxygen atoms in total. The van der Waals surface area contributed by atoms with Gasteiger partial charge in [0, 0.05) is 10.9 Å². The van der Waals surface area contributed by atoms with Crippen LogP contribution in [0.5, 0.6) is 0 Å². The molecule has 1 heterocycles. The van der Waals surface area contributed by atoms with Crippen LogP contribution < -0.4 is 5.32 Å². The van der Waals surface area contributed by atoms with E-state index in [4.69, 9.17) is 0 Å². The third-order valence-corrected chi connectivity index (χ3v) is 4.59. The molecule has 1 atom stereocenters. The molecule has 17 heavy (non-hydrogen) atoms. The molecule has 0 bridgehead atoms. The van der Waals surface area contributed by atoms with Crippen LogP contribution in [0.1, 0.15) is 52.0 Å². The Hall–Kier alpha value is -0.340. The second kappa shape index (κ2) is 7.17. The molecule has 0 fully saturated rings. The summed E-state index contributed by atoms with van der Waals surface area (Å²) in [6, 6.07) is 4.92. The summed E-state index contributed by atoms with van der Waals surface area (Å²) < 4.78 is 0. The number of hydrogen-bond donors (Lipinski definition) is 1. The van der Waals surface area contributed by atoms with Crippen LogP contribution in [0, 0.1) is 17.8 Å². The maximum atomic E-state index is 3.74. The number of thiophene rings is 1. The Morgan fingerprint density at radius 2 is 1.82 bits per heavy atom. The van der Waals surface area contributed by atoms with E-state index in [9.17, 15) is 0 Å². The Kier molecular flexibility index (Phi) is 6.21. The normalized spacial score (nSPS) is 13.9. The van der Waals surface area contributed by atoms with Crippen molar-refractivity contribution in [2.75, 3.05) is 6.54 Å². The van der Waals surface area contributed by atoms with Gasteiger partial charge in [0.2, 0.25) is 0 Å². The first-order valence-electron chi connectivity index (χ1n) is 6.83. The molecule has 0 aliphatic rings. The minimum absolute atomic E-state index is 0.537. The predicted molar refractivity (Wildman–Crippen MR) is 78.5 cm³/mol. The van der Waals surface area contributed by atoms with E-state index < -0.39 is 0 Å². The van der Waals surface area contributed by atoms with Gasteiger partial charge in [-0.2, -0.15) is 0 Å². The molecule has 1 N–H and O–H groups in total. The third-order valence-electron chi connectivity index (χ3n) is 3.61. The van der Waals surface area contributed by atoms with Crippen molar-refractivity contribution in [2.45, 2.75) is 47.1 Å². The minimum atomic E-state index is 0.537. The highest BCUT2D eigenvalue weighted by molar-refractivity contribution is 7.10. The minimum Gasteiger partial charge on any atom is -0.309 e. The Bertz CT molecular complexity index is 282. The fraction of sp³-hybridized carbons (Fsp3) is 0.733. The molecule has 1 aromatic rings. The molecule has 1 rings (SSSR count). The first-order chi connectivity index (χ1) is 8.06. The standard InChI is InChI=1S/C15H27NS/c1-6-14(15-8-7-9-17-15)16-10-13(11(2)3)12(4)5/h7-9,11-14,16H,6,10H2,1-5H3. The number of rotatable bonds is 7. The molecule has 1 unspecified atom stereocenters. The fourth-order valence-electron chi connectivity index (χ4n) is 2.46. The molecule has 98 valence electrons. The van der Waals surface area contributed by atoms with E-state index >= 15 is 0 Å². The number of hydrogen-bond acceptors (Lipinski definition) is 2. The van der Waals surface area contributed by atoms with Crippen LogP contribution in [0.3, 0.4) is 0 Å². The summed E-state index contributed by atoms with van der Waals surface area (Å²) in [5, 5.41) is 5.91. The zero-order valence-electron chi connectivity index (χ0n) is 11.9. The highest BCUT2D eigenvalue weighted by Gasteiger charge is 2.19. The van der Waals surface area contributed by atoms with Crippen molar-refractivity contribution >= 4 is 11.3 Å². The molecular weight excluding hydrogens is 226 g/mol. The van der Waals surface area contributed by atoms with Crippen molar-refractivity contribution in [2.24, 2.45) is 17.8 Å². The Morgan fingerprint density at radius 3 is 2.24 bits per heavy atom. The lowest BCUT2D eigenvalue weighted by atomic mass is 9.85. The fourth-order valence-corrected chi connectivity index (χ4v) is 3.34. The Morgan fingerprint density at radius 1 is 1.18 bits per heavy atom. The second-order valence-corrected chi connectivity index (χ2v) is 6.52. The quantitative estimate of drug-likeness (QED) is 0.741. The molecule has 0 aliphatic carbocycles. The van der Waals surface area contributed by atoms with E-state index in [2.05, 4.69) is 57.4 Å². The van der Waals surface area contributed by atoms with Gasteiger partial charge in [-0.1, -0.05) is 40.7 Å². The van der Waals surface area contributed by atoms with Crippen molar-refractivity contribution in [3.05, 3.63) is 22.4 Å². The summed E-state index contributed by atoms with van der Waals surface area (Å²) in [5.41, 5.74) is 0. The Balaban J connectivity index is 2.52. The Labute approximate surface area is 111 Å². The van der Waals surface area contributed by atoms with Gasteiger partial charge >= 0.3 is 0 Å². The lowest BCUT2D eigenvalue weighted by molar-refractivity contribution is 0.265.